The van der Waals surface area contributed by atoms with E-state index in [4.69, 9.17) is 4.74 Å². The molecule has 0 saturated carbocycles. The summed E-state index contributed by atoms with van der Waals surface area (Å²) in [4.78, 5) is 23.4. The van der Waals surface area contributed by atoms with Gasteiger partial charge in [-0.15, -0.1) is 0 Å². The van der Waals surface area contributed by atoms with Crippen LogP contribution in [0.4, 0.5) is 0 Å². The van der Waals surface area contributed by atoms with E-state index >= 15 is 0 Å². The van der Waals surface area contributed by atoms with Crippen molar-refractivity contribution in [3.63, 3.8) is 0 Å². The number of ether oxygens (including phenoxy) is 1. The Morgan fingerprint density at radius 2 is 1.94 bits per heavy atom. The molecule has 0 bridgehead atoms. The van der Waals surface area contributed by atoms with Gasteiger partial charge in [0.2, 0.25) is 0 Å². The number of Topliss-reactive ketones (excluding diaryl/α,β-unsaturated/α-hetero) is 1. The van der Waals surface area contributed by atoms with E-state index in [0.717, 1.165) is 0 Å². The Kier molecular flexibility index (Phi) is 4.48. The largest absolute Gasteiger partial charge is 0.507 e. The van der Waals surface area contributed by atoms with Crippen LogP contribution < -0.4 is 0 Å². The van der Waals surface area contributed by atoms with Crippen molar-refractivity contribution >= 4 is 11.8 Å². The van der Waals surface area contributed by atoms with Crippen molar-refractivity contribution in [3.8, 4) is 5.75 Å². The summed E-state index contributed by atoms with van der Waals surface area (Å²) in [6.45, 7) is 6.85. The number of carbonyl (C=O) groups is 2. The van der Waals surface area contributed by atoms with Crippen LogP contribution >= 0.6 is 0 Å². The Hall–Kier alpha value is -1.84. The predicted molar refractivity (Wildman–Crippen MR) is 68.2 cm³/mol. The van der Waals surface area contributed by atoms with Gasteiger partial charge in [0.05, 0.1) is 6.61 Å². The predicted octanol–water partition coefficient (Wildman–Crippen LogP) is 2.64. The van der Waals surface area contributed by atoms with E-state index in [-0.39, 0.29) is 23.7 Å². The van der Waals surface area contributed by atoms with Gasteiger partial charge in [0.1, 0.15) is 11.3 Å². The number of ketones is 1. The number of carbonyl (C=O) groups excluding carboxylic acids is 2. The smallest absolute Gasteiger partial charge is 0.342 e. The topological polar surface area (TPSA) is 63.6 Å². The van der Waals surface area contributed by atoms with E-state index in [1.165, 1.54) is 6.92 Å². The third kappa shape index (κ3) is 2.53. The summed E-state index contributed by atoms with van der Waals surface area (Å²) in [6, 6.07) is 1.63. The summed E-state index contributed by atoms with van der Waals surface area (Å²) in [5.41, 5.74) is 1.60. The fraction of sp³-hybridized carbons (Fsp3) is 0.429. The lowest BCUT2D eigenvalue weighted by Crippen LogP contribution is -2.11. The number of aryl methyl sites for hydroxylation is 1. The second kappa shape index (κ2) is 5.67. The molecule has 0 amide bonds. The van der Waals surface area contributed by atoms with Crippen LogP contribution in [0.5, 0.6) is 5.75 Å². The van der Waals surface area contributed by atoms with Crippen LogP contribution in [0.3, 0.4) is 0 Å². The van der Waals surface area contributed by atoms with Gasteiger partial charge in [0, 0.05) is 5.56 Å². The summed E-state index contributed by atoms with van der Waals surface area (Å²) < 4.78 is 4.91. The Morgan fingerprint density at radius 3 is 2.39 bits per heavy atom. The van der Waals surface area contributed by atoms with E-state index in [1.807, 2.05) is 6.92 Å². The van der Waals surface area contributed by atoms with E-state index in [9.17, 15) is 14.7 Å². The molecule has 0 aliphatic rings. The number of rotatable bonds is 4. The van der Waals surface area contributed by atoms with Gasteiger partial charge in [-0.05, 0) is 44.4 Å². The second-order valence-electron chi connectivity index (χ2n) is 4.06. The molecule has 4 nitrogen and oxygen atoms in total. The Labute approximate surface area is 107 Å². The lowest BCUT2D eigenvalue weighted by molar-refractivity contribution is 0.0522. The van der Waals surface area contributed by atoms with Gasteiger partial charge in [-0.3, -0.25) is 4.79 Å². The van der Waals surface area contributed by atoms with Crippen molar-refractivity contribution in [1.82, 2.24) is 0 Å². The molecule has 0 fully saturated rings. The first-order chi connectivity index (χ1) is 8.43. The van der Waals surface area contributed by atoms with Gasteiger partial charge >= 0.3 is 5.97 Å². The van der Waals surface area contributed by atoms with Gasteiger partial charge in [-0.2, -0.15) is 0 Å². The van der Waals surface area contributed by atoms with Crippen molar-refractivity contribution in [2.45, 2.75) is 34.1 Å². The molecule has 18 heavy (non-hydrogen) atoms. The molecule has 1 aromatic carbocycles. The molecule has 4 heteroatoms. The number of hydrogen-bond acceptors (Lipinski definition) is 4. The van der Waals surface area contributed by atoms with Crippen molar-refractivity contribution in [3.05, 3.63) is 28.3 Å². The van der Waals surface area contributed by atoms with Crippen LogP contribution in [0, 0.1) is 6.92 Å². The summed E-state index contributed by atoms with van der Waals surface area (Å²) in [5.74, 6) is -0.809. The maximum atomic E-state index is 11.8. The highest BCUT2D eigenvalue weighted by Crippen LogP contribution is 2.30. The van der Waals surface area contributed by atoms with Crippen LogP contribution in [-0.4, -0.2) is 23.5 Å². The summed E-state index contributed by atoms with van der Waals surface area (Å²) >= 11 is 0. The molecule has 1 aromatic rings. The monoisotopic (exact) mass is 250 g/mol. The first kappa shape index (κ1) is 14.2. The number of benzene rings is 1. The average molecular weight is 250 g/mol. The minimum Gasteiger partial charge on any atom is -0.507 e. The zero-order valence-electron chi connectivity index (χ0n) is 11.2. The van der Waals surface area contributed by atoms with Gasteiger partial charge < -0.3 is 9.84 Å². The summed E-state index contributed by atoms with van der Waals surface area (Å²) in [6.07, 6.45) is 0.540. The average Bonchev–Trinajstić information content (AvgIpc) is 2.29. The Bertz CT molecular complexity index is 489. The minimum atomic E-state index is -0.592. The second-order valence-corrected chi connectivity index (χ2v) is 4.06. The van der Waals surface area contributed by atoms with Crippen molar-refractivity contribution in [1.29, 1.82) is 0 Å². The van der Waals surface area contributed by atoms with E-state index in [0.29, 0.717) is 23.1 Å². The Morgan fingerprint density at radius 1 is 1.33 bits per heavy atom. The normalized spacial score (nSPS) is 10.2. The highest BCUT2D eigenvalue weighted by Gasteiger charge is 2.22. The fourth-order valence-electron chi connectivity index (χ4n) is 1.91. The lowest BCUT2D eigenvalue weighted by Gasteiger charge is -2.14. The quantitative estimate of drug-likeness (QED) is 0.659. The highest BCUT2D eigenvalue weighted by molar-refractivity contribution is 6.02. The van der Waals surface area contributed by atoms with Crippen molar-refractivity contribution < 1.29 is 19.4 Å². The van der Waals surface area contributed by atoms with E-state index < -0.39 is 5.97 Å². The SMILES string of the molecule is CCOC(=O)c1c(C)c(C(C)=O)cc(CC)c1O. The van der Waals surface area contributed by atoms with Gasteiger partial charge in [0.15, 0.2) is 5.78 Å². The third-order valence-corrected chi connectivity index (χ3v) is 2.88. The number of aromatic hydroxyl groups is 1. The molecule has 1 rings (SSSR count). The molecule has 98 valence electrons. The number of phenols is 1. The van der Waals surface area contributed by atoms with Crippen LogP contribution in [0.15, 0.2) is 6.07 Å². The number of phenolic OH excluding ortho intramolecular Hbond substituents is 1. The maximum absolute atomic E-state index is 11.8. The van der Waals surface area contributed by atoms with Gasteiger partial charge in [-0.1, -0.05) is 6.92 Å². The number of hydrogen-bond donors (Lipinski definition) is 1. The molecular formula is C14H18O4. The molecule has 0 aliphatic heterocycles. The molecule has 0 radical (unpaired) electrons. The highest BCUT2D eigenvalue weighted by atomic mass is 16.5. The minimum absolute atomic E-state index is 0.0848. The zero-order chi connectivity index (χ0) is 13.9. The van der Waals surface area contributed by atoms with Crippen LogP contribution in [-0.2, 0) is 11.2 Å². The van der Waals surface area contributed by atoms with Crippen LogP contribution in [0.2, 0.25) is 0 Å². The molecule has 0 unspecified atom stereocenters. The van der Waals surface area contributed by atoms with Gasteiger partial charge in [-0.25, -0.2) is 4.79 Å². The Balaban J connectivity index is 3.51. The molecule has 0 spiro atoms. The van der Waals surface area contributed by atoms with Crippen molar-refractivity contribution in [2.75, 3.05) is 6.61 Å². The molecule has 0 saturated heterocycles. The van der Waals surface area contributed by atoms with Crippen LogP contribution in [0.25, 0.3) is 0 Å². The van der Waals surface area contributed by atoms with Crippen molar-refractivity contribution in [2.24, 2.45) is 0 Å². The number of esters is 1. The van der Waals surface area contributed by atoms with Gasteiger partial charge in [0.25, 0.3) is 0 Å². The zero-order valence-corrected chi connectivity index (χ0v) is 11.2. The third-order valence-electron chi connectivity index (χ3n) is 2.88. The molecule has 1 N–H and O–H groups in total. The standard InChI is InChI=1S/C14H18O4/c1-5-10-7-11(9(4)15)8(3)12(13(10)16)14(17)18-6-2/h7,16H,5-6H2,1-4H3. The lowest BCUT2D eigenvalue weighted by atomic mass is 9.94. The first-order valence-electron chi connectivity index (χ1n) is 5.97. The van der Waals surface area contributed by atoms with E-state index in [1.54, 1.807) is 19.9 Å². The molecule has 0 aromatic heterocycles. The molecule has 0 atom stereocenters. The summed E-state index contributed by atoms with van der Waals surface area (Å²) in [7, 11) is 0. The molecular weight excluding hydrogens is 232 g/mol. The first-order valence-corrected chi connectivity index (χ1v) is 5.97. The van der Waals surface area contributed by atoms with E-state index in [2.05, 4.69) is 0 Å². The van der Waals surface area contributed by atoms with Crippen LogP contribution in [0.1, 0.15) is 52.6 Å². The summed E-state index contributed by atoms with van der Waals surface area (Å²) in [5, 5.41) is 10.1. The maximum Gasteiger partial charge on any atom is 0.342 e. The molecule has 0 heterocycles. The molecule has 0 aliphatic carbocycles. The fourth-order valence-corrected chi connectivity index (χ4v) is 1.91.